The van der Waals surface area contributed by atoms with E-state index in [1.54, 1.807) is 30.3 Å². The zero-order chi connectivity index (χ0) is 13.1. The summed E-state index contributed by atoms with van der Waals surface area (Å²) < 4.78 is 0. The molecule has 0 radical (unpaired) electrons. The lowest BCUT2D eigenvalue weighted by Gasteiger charge is -1.99. The SMILES string of the molecule is C=CC.O=C(CCCCBr)c1ccc(Cl)cc1. The lowest BCUT2D eigenvalue weighted by atomic mass is 10.1. The van der Waals surface area contributed by atoms with Gasteiger partial charge in [-0.05, 0) is 44.0 Å². The molecule has 1 rings (SSSR count). The predicted octanol–water partition coefficient (Wildman–Crippen LogP) is 5.28. The van der Waals surface area contributed by atoms with E-state index in [-0.39, 0.29) is 5.78 Å². The van der Waals surface area contributed by atoms with Crippen LogP contribution >= 0.6 is 27.5 Å². The van der Waals surface area contributed by atoms with Gasteiger partial charge in [-0.3, -0.25) is 4.79 Å². The van der Waals surface area contributed by atoms with Gasteiger partial charge in [0.15, 0.2) is 5.78 Å². The maximum Gasteiger partial charge on any atom is 0.162 e. The van der Waals surface area contributed by atoms with Gasteiger partial charge in [0.2, 0.25) is 0 Å². The summed E-state index contributed by atoms with van der Waals surface area (Å²) in [4.78, 5) is 11.6. The highest BCUT2D eigenvalue weighted by Crippen LogP contribution is 2.12. The molecule has 0 aliphatic rings. The minimum atomic E-state index is 0.197. The highest BCUT2D eigenvalue weighted by Gasteiger charge is 2.04. The van der Waals surface area contributed by atoms with Gasteiger partial charge in [-0.25, -0.2) is 0 Å². The summed E-state index contributed by atoms with van der Waals surface area (Å²) >= 11 is 9.06. The monoisotopic (exact) mass is 316 g/mol. The Morgan fingerprint density at radius 2 is 1.88 bits per heavy atom. The van der Waals surface area contributed by atoms with E-state index in [4.69, 9.17) is 11.6 Å². The lowest BCUT2D eigenvalue weighted by Crippen LogP contribution is -1.98. The predicted molar refractivity (Wildman–Crippen MR) is 79.3 cm³/mol. The molecule has 0 heterocycles. The number of benzene rings is 1. The van der Waals surface area contributed by atoms with Crippen LogP contribution in [0.1, 0.15) is 36.5 Å². The minimum Gasteiger partial charge on any atom is -0.294 e. The summed E-state index contributed by atoms with van der Waals surface area (Å²) in [6.07, 6.45) is 4.35. The number of carbonyl (C=O) groups excluding carboxylic acids is 1. The number of carbonyl (C=O) groups is 1. The molecule has 1 aromatic carbocycles. The third-order valence-electron chi connectivity index (χ3n) is 1.95. The zero-order valence-electron chi connectivity index (χ0n) is 10.1. The van der Waals surface area contributed by atoms with Crippen molar-refractivity contribution in [3.63, 3.8) is 0 Å². The standard InChI is InChI=1S/C11H12BrClO.C3H6/c12-8-2-1-3-11(14)9-4-6-10(13)7-5-9;1-3-2/h4-7H,1-3,8H2;3H,1H2,2H3. The number of alkyl halides is 1. The largest absolute Gasteiger partial charge is 0.294 e. The maximum atomic E-state index is 11.6. The first kappa shape index (κ1) is 16.4. The highest BCUT2D eigenvalue weighted by atomic mass is 79.9. The summed E-state index contributed by atoms with van der Waals surface area (Å²) in [5.74, 6) is 0.197. The molecule has 0 atom stereocenters. The molecule has 0 fully saturated rings. The van der Waals surface area contributed by atoms with Crippen LogP contribution in [0.15, 0.2) is 36.9 Å². The average Bonchev–Trinajstić information content (AvgIpc) is 2.31. The third kappa shape index (κ3) is 8.17. The third-order valence-corrected chi connectivity index (χ3v) is 2.77. The molecule has 94 valence electrons. The van der Waals surface area contributed by atoms with Gasteiger partial charge >= 0.3 is 0 Å². The smallest absolute Gasteiger partial charge is 0.162 e. The molecule has 17 heavy (non-hydrogen) atoms. The van der Waals surface area contributed by atoms with Gasteiger partial charge in [-0.1, -0.05) is 33.6 Å². The summed E-state index contributed by atoms with van der Waals surface area (Å²) in [7, 11) is 0. The molecule has 0 unspecified atom stereocenters. The van der Waals surface area contributed by atoms with E-state index in [0.717, 1.165) is 23.7 Å². The molecule has 0 bridgehead atoms. The quantitative estimate of drug-likeness (QED) is 0.312. The maximum absolute atomic E-state index is 11.6. The molecular weight excluding hydrogens is 300 g/mol. The van der Waals surface area contributed by atoms with E-state index in [1.165, 1.54) is 0 Å². The van der Waals surface area contributed by atoms with Crippen LogP contribution in [-0.4, -0.2) is 11.1 Å². The topological polar surface area (TPSA) is 17.1 Å². The van der Waals surface area contributed by atoms with E-state index >= 15 is 0 Å². The first-order valence-corrected chi connectivity index (χ1v) is 7.07. The Balaban J connectivity index is 0.000000770. The Hall–Kier alpha value is -0.600. The molecule has 3 heteroatoms. The van der Waals surface area contributed by atoms with Crippen LogP contribution < -0.4 is 0 Å². The second kappa shape index (κ2) is 10.5. The van der Waals surface area contributed by atoms with Gasteiger partial charge in [0.1, 0.15) is 0 Å². The van der Waals surface area contributed by atoms with Crippen molar-refractivity contribution in [1.82, 2.24) is 0 Å². The van der Waals surface area contributed by atoms with Gasteiger partial charge in [-0.2, -0.15) is 0 Å². The van der Waals surface area contributed by atoms with Crippen molar-refractivity contribution in [2.75, 3.05) is 5.33 Å². The average molecular weight is 318 g/mol. The molecule has 0 N–H and O–H groups in total. The second-order valence-corrected chi connectivity index (χ2v) is 4.71. The summed E-state index contributed by atoms with van der Waals surface area (Å²) in [6.45, 7) is 5.25. The fourth-order valence-corrected chi connectivity index (χ4v) is 1.68. The van der Waals surface area contributed by atoms with Gasteiger partial charge in [0.25, 0.3) is 0 Å². The van der Waals surface area contributed by atoms with Crippen molar-refractivity contribution >= 4 is 33.3 Å². The van der Waals surface area contributed by atoms with Crippen LogP contribution in [0.2, 0.25) is 5.02 Å². The lowest BCUT2D eigenvalue weighted by molar-refractivity contribution is 0.0980. The number of Topliss-reactive ketones (excluding diaryl/α,β-unsaturated/α-hetero) is 1. The number of ketones is 1. The molecule has 0 aliphatic carbocycles. The number of allylic oxidation sites excluding steroid dienone is 1. The fraction of sp³-hybridized carbons (Fsp3) is 0.357. The van der Waals surface area contributed by atoms with Crippen LogP contribution in [0.4, 0.5) is 0 Å². The van der Waals surface area contributed by atoms with E-state index in [2.05, 4.69) is 22.5 Å². The fourth-order valence-electron chi connectivity index (χ4n) is 1.16. The van der Waals surface area contributed by atoms with Crippen molar-refractivity contribution in [2.24, 2.45) is 0 Å². The van der Waals surface area contributed by atoms with Crippen LogP contribution in [0.3, 0.4) is 0 Å². The van der Waals surface area contributed by atoms with Gasteiger partial charge in [0, 0.05) is 22.3 Å². The Morgan fingerprint density at radius 1 is 1.35 bits per heavy atom. The molecule has 0 saturated carbocycles. The number of hydrogen-bond acceptors (Lipinski definition) is 1. The van der Waals surface area contributed by atoms with E-state index in [1.807, 2.05) is 6.92 Å². The van der Waals surface area contributed by atoms with Crippen molar-refractivity contribution in [3.8, 4) is 0 Å². The van der Waals surface area contributed by atoms with E-state index in [0.29, 0.717) is 11.4 Å². The van der Waals surface area contributed by atoms with Crippen LogP contribution in [0.5, 0.6) is 0 Å². The Morgan fingerprint density at radius 3 is 2.35 bits per heavy atom. The summed E-state index contributed by atoms with van der Waals surface area (Å²) in [6, 6.07) is 7.05. The van der Waals surface area contributed by atoms with Crippen molar-refractivity contribution in [2.45, 2.75) is 26.2 Å². The molecular formula is C14H18BrClO. The van der Waals surface area contributed by atoms with Crippen molar-refractivity contribution in [3.05, 3.63) is 47.5 Å². The van der Waals surface area contributed by atoms with Crippen LogP contribution in [0.25, 0.3) is 0 Å². The molecule has 0 aromatic heterocycles. The Kier molecular flexibility index (Phi) is 10.2. The summed E-state index contributed by atoms with van der Waals surface area (Å²) in [5.41, 5.74) is 0.754. The summed E-state index contributed by atoms with van der Waals surface area (Å²) in [5, 5.41) is 1.63. The van der Waals surface area contributed by atoms with E-state index in [9.17, 15) is 4.79 Å². The molecule has 0 aliphatic heterocycles. The first-order valence-electron chi connectivity index (χ1n) is 5.57. The number of halogens is 2. The van der Waals surface area contributed by atoms with Gasteiger partial charge < -0.3 is 0 Å². The van der Waals surface area contributed by atoms with Crippen LogP contribution in [0, 0.1) is 0 Å². The van der Waals surface area contributed by atoms with Gasteiger partial charge in [-0.15, -0.1) is 6.58 Å². The van der Waals surface area contributed by atoms with Crippen molar-refractivity contribution in [1.29, 1.82) is 0 Å². The molecule has 1 aromatic rings. The molecule has 0 amide bonds. The highest BCUT2D eigenvalue weighted by molar-refractivity contribution is 9.09. The number of rotatable bonds is 5. The molecule has 0 saturated heterocycles. The minimum absolute atomic E-state index is 0.197. The number of unbranched alkanes of at least 4 members (excludes halogenated alkanes) is 1. The van der Waals surface area contributed by atoms with Crippen molar-refractivity contribution < 1.29 is 4.79 Å². The first-order chi connectivity index (χ1) is 8.15. The van der Waals surface area contributed by atoms with Crippen LogP contribution in [-0.2, 0) is 0 Å². The molecule has 0 spiro atoms. The van der Waals surface area contributed by atoms with Gasteiger partial charge in [0.05, 0.1) is 0 Å². The number of hydrogen-bond donors (Lipinski definition) is 0. The Labute approximate surface area is 117 Å². The second-order valence-electron chi connectivity index (χ2n) is 3.48. The zero-order valence-corrected chi connectivity index (χ0v) is 12.4. The van der Waals surface area contributed by atoms with E-state index < -0.39 is 0 Å². The molecule has 1 nitrogen and oxygen atoms in total. The normalized spacial score (nSPS) is 9.12. The Bertz CT molecular complexity index is 333.